The lowest BCUT2D eigenvalue weighted by molar-refractivity contribution is 0.322. The topological polar surface area (TPSA) is 67.1 Å². The van der Waals surface area contributed by atoms with Gasteiger partial charge in [-0.3, -0.25) is 0 Å². The van der Waals surface area contributed by atoms with E-state index in [0.29, 0.717) is 11.7 Å². The zero-order valence-corrected chi connectivity index (χ0v) is 10.8. The van der Waals surface area contributed by atoms with Crippen LogP contribution in [0.2, 0.25) is 0 Å². The molecule has 0 saturated carbocycles. The molecule has 0 aliphatic carbocycles. The van der Waals surface area contributed by atoms with Crippen molar-refractivity contribution < 1.29 is 0 Å². The fourth-order valence-electron chi connectivity index (χ4n) is 2.36. The molecule has 5 nitrogen and oxygen atoms in total. The van der Waals surface area contributed by atoms with Crippen LogP contribution >= 0.6 is 0 Å². The maximum Gasteiger partial charge on any atom is 0.148 e. The number of nitrogen functional groups attached to an aromatic ring is 1. The molecule has 5 heteroatoms. The van der Waals surface area contributed by atoms with Crippen molar-refractivity contribution in [3.63, 3.8) is 0 Å². The smallest absolute Gasteiger partial charge is 0.148 e. The van der Waals surface area contributed by atoms with Crippen LogP contribution in [0.15, 0.2) is 6.33 Å². The van der Waals surface area contributed by atoms with E-state index in [2.05, 4.69) is 34.1 Å². The van der Waals surface area contributed by atoms with Gasteiger partial charge >= 0.3 is 0 Å². The number of aromatic nitrogens is 2. The van der Waals surface area contributed by atoms with Gasteiger partial charge in [0.1, 0.15) is 18.0 Å². The number of piperidine rings is 1. The van der Waals surface area contributed by atoms with Gasteiger partial charge in [0.15, 0.2) is 0 Å². The Balaban J connectivity index is 2.23. The number of nitrogens with one attached hydrogen (secondary N) is 1. The van der Waals surface area contributed by atoms with Crippen molar-refractivity contribution in [1.29, 1.82) is 0 Å². The molecule has 2 atom stereocenters. The van der Waals surface area contributed by atoms with Crippen LogP contribution in [-0.4, -0.2) is 23.1 Å². The molecular weight excluding hydrogens is 214 g/mol. The highest BCUT2D eigenvalue weighted by atomic mass is 15.3. The van der Waals surface area contributed by atoms with Crippen LogP contribution in [0.3, 0.4) is 0 Å². The lowest BCUT2D eigenvalue weighted by Gasteiger charge is -2.36. The van der Waals surface area contributed by atoms with E-state index in [-0.39, 0.29) is 0 Å². The van der Waals surface area contributed by atoms with Crippen molar-refractivity contribution in [2.45, 2.75) is 27.2 Å². The van der Waals surface area contributed by atoms with E-state index in [9.17, 15) is 0 Å². The van der Waals surface area contributed by atoms with E-state index in [1.807, 2.05) is 6.92 Å². The zero-order valence-electron chi connectivity index (χ0n) is 10.8. The molecular formula is C12H21N5. The maximum atomic E-state index is 5.44. The van der Waals surface area contributed by atoms with E-state index >= 15 is 0 Å². The van der Waals surface area contributed by atoms with E-state index in [0.717, 1.165) is 30.4 Å². The SMILES string of the molecule is Cc1c(NN)ncnc1N1CCC(C)C(C)C1. The molecule has 1 aromatic heterocycles. The number of nitrogens with two attached hydrogens (primary N) is 1. The van der Waals surface area contributed by atoms with Gasteiger partial charge in [-0.2, -0.15) is 0 Å². The van der Waals surface area contributed by atoms with Crippen LogP contribution < -0.4 is 16.2 Å². The lowest BCUT2D eigenvalue weighted by atomic mass is 9.88. The molecule has 0 amide bonds. The fraction of sp³-hybridized carbons (Fsp3) is 0.667. The fourth-order valence-corrected chi connectivity index (χ4v) is 2.36. The van der Waals surface area contributed by atoms with Crippen LogP contribution in [0, 0.1) is 18.8 Å². The summed E-state index contributed by atoms with van der Waals surface area (Å²) in [5.74, 6) is 8.65. The highest BCUT2D eigenvalue weighted by Gasteiger charge is 2.24. The van der Waals surface area contributed by atoms with Gasteiger partial charge in [-0.05, 0) is 25.2 Å². The summed E-state index contributed by atoms with van der Waals surface area (Å²) in [6.07, 6.45) is 2.79. The standard InChI is InChI=1S/C12H21N5/c1-8-4-5-17(6-9(8)2)12-10(3)11(16-13)14-7-15-12/h7-9H,4-6,13H2,1-3H3,(H,14,15,16). The van der Waals surface area contributed by atoms with Crippen LogP contribution in [0.1, 0.15) is 25.8 Å². The monoisotopic (exact) mass is 235 g/mol. The first-order valence-electron chi connectivity index (χ1n) is 6.16. The Labute approximate surface area is 102 Å². The van der Waals surface area contributed by atoms with Crippen molar-refractivity contribution in [2.75, 3.05) is 23.4 Å². The second kappa shape index (κ2) is 4.87. The Morgan fingerprint density at radius 3 is 2.76 bits per heavy atom. The molecule has 0 spiro atoms. The van der Waals surface area contributed by atoms with E-state index in [1.165, 1.54) is 6.42 Å². The van der Waals surface area contributed by atoms with Crippen molar-refractivity contribution in [1.82, 2.24) is 9.97 Å². The molecule has 1 saturated heterocycles. The molecule has 1 aromatic rings. The van der Waals surface area contributed by atoms with Crippen LogP contribution in [-0.2, 0) is 0 Å². The molecule has 0 aromatic carbocycles. The molecule has 2 rings (SSSR count). The molecule has 2 unspecified atom stereocenters. The second-order valence-electron chi connectivity index (χ2n) is 5.00. The molecule has 1 aliphatic rings. The zero-order chi connectivity index (χ0) is 12.4. The van der Waals surface area contributed by atoms with Crippen molar-refractivity contribution in [2.24, 2.45) is 17.7 Å². The molecule has 0 bridgehead atoms. The summed E-state index contributed by atoms with van der Waals surface area (Å²) in [7, 11) is 0. The number of nitrogens with zero attached hydrogens (tertiary/aromatic N) is 3. The van der Waals surface area contributed by atoms with Gasteiger partial charge in [-0.25, -0.2) is 15.8 Å². The summed E-state index contributed by atoms with van der Waals surface area (Å²) in [6.45, 7) is 8.75. The number of rotatable bonds is 2. The van der Waals surface area contributed by atoms with Crippen LogP contribution in [0.25, 0.3) is 0 Å². The summed E-state index contributed by atoms with van der Waals surface area (Å²) < 4.78 is 0. The third-order valence-electron chi connectivity index (χ3n) is 3.83. The van der Waals surface area contributed by atoms with Crippen LogP contribution in [0.5, 0.6) is 0 Å². The third-order valence-corrected chi connectivity index (χ3v) is 3.83. The second-order valence-corrected chi connectivity index (χ2v) is 5.00. The molecule has 17 heavy (non-hydrogen) atoms. The molecule has 2 heterocycles. The van der Waals surface area contributed by atoms with E-state index < -0.39 is 0 Å². The van der Waals surface area contributed by atoms with E-state index in [1.54, 1.807) is 6.33 Å². The van der Waals surface area contributed by atoms with Gasteiger partial charge < -0.3 is 10.3 Å². The van der Waals surface area contributed by atoms with Gasteiger partial charge in [-0.1, -0.05) is 13.8 Å². The van der Waals surface area contributed by atoms with Crippen molar-refractivity contribution in [3.05, 3.63) is 11.9 Å². The van der Waals surface area contributed by atoms with Gasteiger partial charge in [0.2, 0.25) is 0 Å². The number of anilines is 2. The minimum Gasteiger partial charge on any atom is -0.356 e. The van der Waals surface area contributed by atoms with Crippen LogP contribution in [0.4, 0.5) is 11.6 Å². The highest BCUT2D eigenvalue weighted by molar-refractivity contribution is 5.57. The predicted molar refractivity (Wildman–Crippen MR) is 69.7 cm³/mol. The van der Waals surface area contributed by atoms with Gasteiger partial charge in [0.25, 0.3) is 0 Å². The first kappa shape index (κ1) is 12.1. The van der Waals surface area contributed by atoms with Gasteiger partial charge in [-0.15, -0.1) is 0 Å². The third kappa shape index (κ3) is 2.34. The minimum atomic E-state index is 0.701. The Bertz CT molecular complexity index is 392. The van der Waals surface area contributed by atoms with Gasteiger partial charge in [0, 0.05) is 18.7 Å². The normalized spacial score (nSPS) is 24.8. The number of hydrogen-bond acceptors (Lipinski definition) is 5. The summed E-state index contributed by atoms with van der Waals surface area (Å²) in [5, 5.41) is 0. The first-order valence-corrected chi connectivity index (χ1v) is 6.16. The summed E-state index contributed by atoms with van der Waals surface area (Å²) in [4.78, 5) is 10.8. The first-order chi connectivity index (χ1) is 8.13. The summed E-state index contributed by atoms with van der Waals surface area (Å²) in [6, 6.07) is 0. The molecule has 1 aliphatic heterocycles. The predicted octanol–water partition coefficient (Wildman–Crippen LogP) is 1.55. The Morgan fingerprint density at radius 1 is 1.35 bits per heavy atom. The average molecular weight is 235 g/mol. The number of hydrogen-bond donors (Lipinski definition) is 2. The number of hydrazine groups is 1. The Morgan fingerprint density at radius 2 is 2.12 bits per heavy atom. The van der Waals surface area contributed by atoms with Crippen molar-refractivity contribution in [3.8, 4) is 0 Å². The minimum absolute atomic E-state index is 0.701. The molecule has 1 fully saturated rings. The van der Waals surface area contributed by atoms with Crippen molar-refractivity contribution >= 4 is 11.6 Å². The Kier molecular flexibility index (Phi) is 3.47. The highest BCUT2D eigenvalue weighted by Crippen LogP contribution is 2.29. The summed E-state index contributed by atoms with van der Waals surface area (Å²) in [5.41, 5.74) is 3.64. The quantitative estimate of drug-likeness (QED) is 0.601. The maximum absolute atomic E-state index is 5.44. The largest absolute Gasteiger partial charge is 0.356 e. The lowest BCUT2D eigenvalue weighted by Crippen LogP contribution is -2.39. The molecule has 0 radical (unpaired) electrons. The molecule has 94 valence electrons. The Hall–Kier alpha value is -1.36. The van der Waals surface area contributed by atoms with Gasteiger partial charge in [0.05, 0.1) is 0 Å². The van der Waals surface area contributed by atoms with E-state index in [4.69, 9.17) is 5.84 Å². The average Bonchev–Trinajstić information content (AvgIpc) is 2.33. The molecule has 3 N–H and O–H groups in total. The summed E-state index contributed by atoms with van der Waals surface area (Å²) >= 11 is 0.